The van der Waals surface area contributed by atoms with Gasteiger partial charge in [0, 0.05) is 33.0 Å². The zero-order valence-electron chi connectivity index (χ0n) is 12.4. The summed E-state index contributed by atoms with van der Waals surface area (Å²) in [5.74, 6) is -0.179. The van der Waals surface area contributed by atoms with E-state index >= 15 is 0 Å². The summed E-state index contributed by atoms with van der Waals surface area (Å²) < 4.78 is 0.517. The van der Waals surface area contributed by atoms with E-state index in [4.69, 9.17) is 23.2 Å². The first-order chi connectivity index (χ1) is 11.6. The van der Waals surface area contributed by atoms with Gasteiger partial charge in [-0.15, -0.1) is 11.3 Å². The molecule has 0 fully saturated rings. The molecule has 1 amide bonds. The smallest absolute Gasteiger partial charge is 0.255 e. The molecule has 0 aliphatic carbocycles. The maximum atomic E-state index is 12.3. The lowest BCUT2D eigenvalue weighted by Gasteiger charge is -2.08. The highest BCUT2D eigenvalue weighted by Gasteiger charge is 2.07. The molecular weight excluding hydrogens is 365 g/mol. The van der Waals surface area contributed by atoms with E-state index in [1.165, 1.54) is 11.3 Å². The number of nitrogens with zero attached hydrogens (tertiary/aromatic N) is 1. The number of anilines is 2. The van der Waals surface area contributed by atoms with Crippen molar-refractivity contribution >= 4 is 51.8 Å². The van der Waals surface area contributed by atoms with E-state index in [0.29, 0.717) is 27.3 Å². The van der Waals surface area contributed by atoms with Gasteiger partial charge in [0.05, 0.1) is 6.54 Å². The number of benzene rings is 2. The van der Waals surface area contributed by atoms with Crippen molar-refractivity contribution in [2.24, 2.45) is 0 Å². The number of carbonyl (C=O) groups excluding carboxylic acids is 1. The Bertz CT molecular complexity index is 849. The minimum Gasteiger partial charge on any atom is -0.380 e. The van der Waals surface area contributed by atoms with Gasteiger partial charge in [0.25, 0.3) is 5.91 Å². The summed E-state index contributed by atoms with van der Waals surface area (Å²) >= 11 is 13.1. The van der Waals surface area contributed by atoms with Gasteiger partial charge in [-0.1, -0.05) is 29.3 Å². The Hall–Kier alpha value is -2.08. The van der Waals surface area contributed by atoms with Crippen LogP contribution >= 0.6 is 34.5 Å². The molecule has 0 saturated heterocycles. The van der Waals surface area contributed by atoms with Gasteiger partial charge in [0.2, 0.25) is 0 Å². The lowest BCUT2D eigenvalue weighted by Crippen LogP contribution is -2.12. The van der Waals surface area contributed by atoms with Crippen molar-refractivity contribution in [1.82, 2.24) is 4.98 Å². The Labute approximate surface area is 153 Å². The lowest BCUT2D eigenvalue weighted by molar-refractivity contribution is 0.102. The molecule has 24 heavy (non-hydrogen) atoms. The predicted molar refractivity (Wildman–Crippen MR) is 100 cm³/mol. The average molecular weight is 378 g/mol. The molecule has 0 bridgehead atoms. The molecule has 0 aliphatic rings. The SMILES string of the molecule is O=C(Nc1ccc(Cl)cc1)c1cccc(NCc2cnc(Cl)s2)c1. The quantitative estimate of drug-likeness (QED) is 0.632. The molecule has 1 aromatic heterocycles. The van der Waals surface area contributed by atoms with Gasteiger partial charge in [-0.05, 0) is 42.5 Å². The van der Waals surface area contributed by atoms with Crippen LogP contribution in [0, 0.1) is 0 Å². The largest absolute Gasteiger partial charge is 0.380 e. The standard InChI is InChI=1S/C17H13Cl2N3OS/c18-12-4-6-13(7-5-12)22-16(23)11-2-1-3-14(8-11)20-9-15-10-21-17(19)24-15/h1-8,10,20H,9H2,(H,22,23). The average Bonchev–Trinajstić information content (AvgIpc) is 3.01. The van der Waals surface area contributed by atoms with E-state index in [2.05, 4.69) is 15.6 Å². The van der Waals surface area contributed by atoms with Crippen LogP contribution in [-0.2, 0) is 6.54 Å². The van der Waals surface area contributed by atoms with Crippen molar-refractivity contribution in [1.29, 1.82) is 0 Å². The molecule has 7 heteroatoms. The first-order valence-corrected chi connectivity index (χ1v) is 8.68. The number of hydrogen-bond donors (Lipinski definition) is 2. The molecule has 2 aromatic carbocycles. The molecule has 0 saturated carbocycles. The number of nitrogens with one attached hydrogen (secondary N) is 2. The van der Waals surface area contributed by atoms with Gasteiger partial charge in [-0.2, -0.15) is 0 Å². The number of aromatic nitrogens is 1. The fourth-order valence-corrected chi connectivity index (χ4v) is 3.10. The zero-order chi connectivity index (χ0) is 16.9. The molecular formula is C17H13Cl2N3OS. The first-order valence-electron chi connectivity index (χ1n) is 7.11. The number of carbonyl (C=O) groups is 1. The van der Waals surface area contributed by atoms with Crippen molar-refractivity contribution in [2.45, 2.75) is 6.54 Å². The van der Waals surface area contributed by atoms with Gasteiger partial charge >= 0.3 is 0 Å². The van der Waals surface area contributed by atoms with Crippen LogP contribution in [0.2, 0.25) is 9.49 Å². The van der Waals surface area contributed by atoms with Gasteiger partial charge in [0.15, 0.2) is 4.47 Å². The van der Waals surface area contributed by atoms with E-state index in [-0.39, 0.29) is 5.91 Å². The Morgan fingerprint density at radius 1 is 1.08 bits per heavy atom. The van der Waals surface area contributed by atoms with Crippen LogP contribution in [-0.4, -0.2) is 10.9 Å². The van der Waals surface area contributed by atoms with Crippen LogP contribution in [0.25, 0.3) is 0 Å². The van der Waals surface area contributed by atoms with Crippen molar-refractivity contribution in [3.8, 4) is 0 Å². The molecule has 3 aromatic rings. The van der Waals surface area contributed by atoms with Gasteiger partial charge in [-0.3, -0.25) is 4.79 Å². The molecule has 0 atom stereocenters. The third-order valence-corrected chi connectivity index (χ3v) is 4.59. The van der Waals surface area contributed by atoms with Gasteiger partial charge in [0.1, 0.15) is 0 Å². The van der Waals surface area contributed by atoms with Crippen molar-refractivity contribution < 1.29 is 4.79 Å². The molecule has 4 nitrogen and oxygen atoms in total. The van der Waals surface area contributed by atoms with Crippen molar-refractivity contribution in [3.05, 3.63) is 74.7 Å². The Morgan fingerprint density at radius 3 is 2.58 bits per heavy atom. The Kier molecular flexibility index (Phi) is 5.35. The summed E-state index contributed by atoms with van der Waals surface area (Å²) in [5, 5.41) is 6.72. The number of amides is 1. The monoisotopic (exact) mass is 377 g/mol. The molecule has 1 heterocycles. The van der Waals surface area contributed by atoms with E-state index in [1.54, 1.807) is 42.6 Å². The van der Waals surface area contributed by atoms with Crippen LogP contribution in [0.3, 0.4) is 0 Å². The van der Waals surface area contributed by atoms with Gasteiger partial charge in [-0.25, -0.2) is 4.98 Å². The number of thiazole rings is 1. The van der Waals surface area contributed by atoms with Crippen LogP contribution in [0.1, 0.15) is 15.2 Å². The van der Waals surface area contributed by atoms with Crippen LogP contribution in [0.15, 0.2) is 54.7 Å². The number of rotatable bonds is 5. The lowest BCUT2D eigenvalue weighted by atomic mass is 10.2. The maximum absolute atomic E-state index is 12.3. The fraction of sp³-hybridized carbons (Fsp3) is 0.0588. The predicted octanol–water partition coefficient (Wildman–Crippen LogP) is 5.31. The maximum Gasteiger partial charge on any atom is 0.255 e. The first kappa shape index (κ1) is 16.8. The van der Waals surface area contributed by atoms with Crippen LogP contribution in [0.5, 0.6) is 0 Å². The summed E-state index contributed by atoms with van der Waals surface area (Å²) in [7, 11) is 0. The minimum absolute atomic E-state index is 0.179. The second kappa shape index (κ2) is 7.66. The summed E-state index contributed by atoms with van der Waals surface area (Å²) in [6, 6.07) is 14.3. The summed E-state index contributed by atoms with van der Waals surface area (Å²) in [5.41, 5.74) is 2.11. The fourth-order valence-electron chi connectivity index (χ4n) is 2.06. The summed E-state index contributed by atoms with van der Waals surface area (Å²) in [6.45, 7) is 0.604. The molecule has 0 radical (unpaired) electrons. The topological polar surface area (TPSA) is 54.0 Å². The molecule has 0 aliphatic heterocycles. The van der Waals surface area contributed by atoms with E-state index in [0.717, 1.165) is 10.6 Å². The summed E-state index contributed by atoms with van der Waals surface area (Å²) in [6.07, 6.45) is 1.73. The Balaban J connectivity index is 1.65. The molecule has 3 rings (SSSR count). The Morgan fingerprint density at radius 2 is 1.88 bits per heavy atom. The zero-order valence-corrected chi connectivity index (χ0v) is 14.8. The highest BCUT2D eigenvalue weighted by Crippen LogP contribution is 2.20. The van der Waals surface area contributed by atoms with Crippen molar-refractivity contribution in [3.63, 3.8) is 0 Å². The highest BCUT2D eigenvalue weighted by molar-refractivity contribution is 7.15. The van der Waals surface area contributed by atoms with Gasteiger partial charge < -0.3 is 10.6 Å². The molecule has 0 unspecified atom stereocenters. The van der Waals surface area contributed by atoms with Crippen LogP contribution in [0.4, 0.5) is 11.4 Å². The van der Waals surface area contributed by atoms with E-state index in [1.807, 2.05) is 12.1 Å². The molecule has 2 N–H and O–H groups in total. The summed E-state index contributed by atoms with van der Waals surface area (Å²) in [4.78, 5) is 17.4. The van der Waals surface area contributed by atoms with Crippen LogP contribution < -0.4 is 10.6 Å². The highest BCUT2D eigenvalue weighted by atomic mass is 35.5. The third kappa shape index (κ3) is 4.47. The molecule has 0 spiro atoms. The molecule has 122 valence electrons. The number of halogens is 2. The van der Waals surface area contributed by atoms with E-state index in [9.17, 15) is 4.79 Å². The normalized spacial score (nSPS) is 10.4. The number of hydrogen-bond acceptors (Lipinski definition) is 4. The van der Waals surface area contributed by atoms with E-state index < -0.39 is 0 Å². The second-order valence-electron chi connectivity index (χ2n) is 4.97. The van der Waals surface area contributed by atoms with Crippen molar-refractivity contribution in [2.75, 3.05) is 10.6 Å². The third-order valence-electron chi connectivity index (χ3n) is 3.22. The minimum atomic E-state index is -0.179. The second-order valence-corrected chi connectivity index (χ2v) is 7.11.